The fourth-order valence-corrected chi connectivity index (χ4v) is 1.24. The molecule has 0 aliphatic carbocycles. The molecule has 0 atom stereocenters. The highest BCUT2D eigenvalue weighted by Crippen LogP contribution is 2.06. The van der Waals surface area contributed by atoms with Gasteiger partial charge in [-0.2, -0.15) is 0 Å². The molecule has 0 spiro atoms. The smallest absolute Gasteiger partial charge is 0.0256 e. The van der Waals surface area contributed by atoms with Crippen LogP contribution in [0.3, 0.4) is 0 Å². The molecule has 0 saturated heterocycles. The lowest BCUT2D eigenvalue weighted by Crippen LogP contribution is -1.72. The Kier molecular flexibility index (Phi) is 5.43. The van der Waals surface area contributed by atoms with Crippen molar-refractivity contribution in [3.05, 3.63) is 91.1 Å². The Morgan fingerprint density at radius 2 is 1.69 bits per heavy atom. The van der Waals surface area contributed by atoms with Crippen LogP contribution >= 0.6 is 0 Å². The molecule has 0 aromatic heterocycles. The molecule has 0 heteroatoms. The van der Waals surface area contributed by atoms with Crippen LogP contribution in [0.25, 0.3) is 6.08 Å². The van der Waals surface area contributed by atoms with Crippen LogP contribution in [-0.4, -0.2) is 0 Å². The monoisotopic (exact) mass is 208 g/mol. The lowest BCUT2D eigenvalue weighted by molar-refractivity contribution is 1.64. The highest BCUT2D eigenvalue weighted by Gasteiger charge is 1.85. The molecule has 0 fully saturated rings. The Bertz CT molecular complexity index is 417. The summed E-state index contributed by atoms with van der Waals surface area (Å²) in [6.07, 6.45) is 13.5. The van der Waals surface area contributed by atoms with Gasteiger partial charge in [-0.1, -0.05) is 86.0 Å². The normalized spacial score (nSPS) is 12.1. The Hall–Kier alpha value is -2.08. The van der Waals surface area contributed by atoms with E-state index in [9.17, 15) is 0 Å². The molecule has 0 N–H and O–H groups in total. The first-order valence-corrected chi connectivity index (χ1v) is 5.22. The van der Waals surface area contributed by atoms with Crippen LogP contribution in [0, 0.1) is 0 Å². The van der Waals surface area contributed by atoms with E-state index in [4.69, 9.17) is 0 Å². The zero-order chi connectivity index (χ0) is 11.6. The third kappa shape index (κ3) is 4.43. The summed E-state index contributed by atoms with van der Waals surface area (Å²) >= 11 is 0. The van der Waals surface area contributed by atoms with E-state index in [1.165, 1.54) is 5.56 Å². The highest BCUT2D eigenvalue weighted by molar-refractivity contribution is 5.55. The van der Waals surface area contributed by atoms with Gasteiger partial charge in [-0.3, -0.25) is 0 Å². The first-order valence-electron chi connectivity index (χ1n) is 5.22. The van der Waals surface area contributed by atoms with Gasteiger partial charge in [0.1, 0.15) is 0 Å². The van der Waals surface area contributed by atoms with Gasteiger partial charge in [0.25, 0.3) is 0 Å². The summed E-state index contributed by atoms with van der Waals surface area (Å²) in [5.74, 6) is 0. The number of benzene rings is 1. The maximum absolute atomic E-state index is 3.69. The second-order valence-corrected chi connectivity index (χ2v) is 3.24. The average Bonchev–Trinajstić information content (AvgIpc) is 2.34. The molecule has 0 bridgehead atoms. The molecule has 0 nitrogen and oxygen atoms in total. The maximum Gasteiger partial charge on any atom is -0.0256 e. The molecule has 1 aromatic rings. The predicted octanol–water partition coefficient (Wildman–Crippen LogP) is 4.55. The lowest BCUT2D eigenvalue weighted by Gasteiger charge is -1.93. The molecule has 0 aliphatic rings. The molecular weight excluding hydrogens is 192 g/mol. The third-order valence-corrected chi connectivity index (χ3v) is 2.00. The van der Waals surface area contributed by atoms with E-state index < -0.39 is 0 Å². The summed E-state index contributed by atoms with van der Waals surface area (Å²) in [6.45, 7) is 7.34. The van der Waals surface area contributed by atoms with Gasteiger partial charge < -0.3 is 0 Å². The van der Waals surface area contributed by atoms with Crippen LogP contribution in [0.5, 0.6) is 0 Å². The van der Waals surface area contributed by atoms with E-state index in [1.807, 2.05) is 36.4 Å². The third-order valence-electron chi connectivity index (χ3n) is 2.00. The van der Waals surface area contributed by atoms with Gasteiger partial charge in [-0.05, 0) is 11.1 Å². The summed E-state index contributed by atoms with van der Waals surface area (Å²) in [5.41, 5.74) is 2.28. The summed E-state index contributed by atoms with van der Waals surface area (Å²) in [7, 11) is 0. The van der Waals surface area contributed by atoms with Crippen LogP contribution < -0.4 is 0 Å². The van der Waals surface area contributed by atoms with Gasteiger partial charge in [-0.25, -0.2) is 0 Å². The van der Waals surface area contributed by atoms with Crippen LogP contribution in [0.1, 0.15) is 5.56 Å². The molecule has 1 aromatic carbocycles. The minimum Gasteiger partial charge on any atom is -0.0991 e. The molecule has 80 valence electrons. The number of allylic oxidation sites excluding steroid dienone is 7. The van der Waals surface area contributed by atoms with Crippen molar-refractivity contribution in [1.29, 1.82) is 0 Å². The average molecular weight is 208 g/mol. The molecule has 0 unspecified atom stereocenters. The van der Waals surface area contributed by atoms with E-state index in [0.29, 0.717) is 0 Å². The van der Waals surface area contributed by atoms with Crippen LogP contribution in [0.15, 0.2) is 85.5 Å². The van der Waals surface area contributed by atoms with Gasteiger partial charge in [0.2, 0.25) is 0 Å². The minimum absolute atomic E-state index is 1.10. The standard InChI is InChI=1S/C16H16/c1-3-5-10-15(9-4-2)13-14-16-11-7-6-8-12-16/h3-14H,1-2H2/b10-5-,14-13+,15-9+. The van der Waals surface area contributed by atoms with E-state index in [2.05, 4.69) is 37.4 Å². The molecule has 0 saturated carbocycles. The Morgan fingerprint density at radius 3 is 2.31 bits per heavy atom. The highest BCUT2D eigenvalue weighted by atomic mass is 13.9. The minimum atomic E-state index is 1.10. The second-order valence-electron chi connectivity index (χ2n) is 3.24. The largest absolute Gasteiger partial charge is 0.0991 e. The fourth-order valence-electron chi connectivity index (χ4n) is 1.24. The molecule has 0 aliphatic heterocycles. The quantitative estimate of drug-likeness (QED) is 0.622. The molecular formula is C16H16. The van der Waals surface area contributed by atoms with Crippen molar-refractivity contribution in [3.8, 4) is 0 Å². The zero-order valence-corrected chi connectivity index (χ0v) is 9.34. The van der Waals surface area contributed by atoms with E-state index in [0.717, 1.165) is 5.57 Å². The SMILES string of the molecule is C=C\C=C/C(/C=C/c1ccccc1)=C\C=C. The first kappa shape index (κ1) is 12.0. The fraction of sp³-hybridized carbons (Fsp3) is 0. The van der Waals surface area contributed by atoms with E-state index >= 15 is 0 Å². The molecule has 0 amide bonds. The van der Waals surface area contributed by atoms with Gasteiger partial charge in [0, 0.05) is 0 Å². The summed E-state index contributed by atoms with van der Waals surface area (Å²) in [4.78, 5) is 0. The maximum atomic E-state index is 3.69. The van der Waals surface area contributed by atoms with Gasteiger partial charge in [0.05, 0.1) is 0 Å². The van der Waals surface area contributed by atoms with Crippen molar-refractivity contribution in [3.63, 3.8) is 0 Å². The predicted molar refractivity (Wildman–Crippen MR) is 73.1 cm³/mol. The molecule has 1 rings (SSSR count). The first-order chi connectivity index (χ1) is 7.86. The van der Waals surface area contributed by atoms with E-state index in [-0.39, 0.29) is 0 Å². The summed E-state index contributed by atoms with van der Waals surface area (Å²) in [5, 5.41) is 0. The zero-order valence-electron chi connectivity index (χ0n) is 9.34. The van der Waals surface area contributed by atoms with Crippen molar-refractivity contribution >= 4 is 6.08 Å². The Morgan fingerprint density at radius 1 is 0.938 bits per heavy atom. The van der Waals surface area contributed by atoms with Gasteiger partial charge in [-0.15, -0.1) is 0 Å². The Labute approximate surface area is 97.6 Å². The van der Waals surface area contributed by atoms with Crippen molar-refractivity contribution in [2.75, 3.05) is 0 Å². The van der Waals surface area contributed by atoms with Crippen molar-refractivity contribution in [2.24, 2.45) is 0 Å². The lowest BCUT2D eigenvalue weighted by atomic mass is 10.1. The number of hydrogen-bond acceptors (Lipinski definition) is 0. The molecule has 0 heterocycles. The molecule has 16 heavy (non-hydrogen) atoms. The van der Waals surface area contributed by atoms with Gasteiger partial charge >= 0.3 is 0 Å². The number of rotatable bonds is 5. The summed E-state index contributed by atoms with van der Waals surface area (Å²) in [6, 6.07) is 10.2. The second kappa shape index (κ2) is 7.24. The summed E-state index contributed by atoms with van der Waals surface area (Å²) < 4.78 is 0. The number of hydrogen-bond donors (Lipinski definition) is 0. The van der Waals surface area contributed by atoms with Crippen molar-refractivity contribution in [1.82, 2.24) is 0 Å². The van der Waals surface area contributed by atoms with Crippen LogP contribution in [0.4, 0.5) is 0 Å². The van der Waals surface area contributed by atoms with Gasteiger partial charge in [0.15, 0.2) is 0 Å². The van der Waals surface area contributed by atoms with E-state index in [1.54, 1.807) is 12.2 Å². The van der Waals surface area contributed by atoms with Crippen molar-refractivity contribution in [2.45, 2.75) is 0 Å². The van der Waals surface area contributed by atoms with Crippen LogP contribution in [0.2, 0.25) is 0 Å². The topological polar surface area (TPSA) is 0 Å². The Balaban J connectivity index is 2.80. The van der Waals surface area contributed by atoms with Crippen LogP contribution in [-0.2, 0) is 0 Å². The van der Waals surface area contributed by atoms with Crippen molar-refractivity contribution < 1.29 is 0 Å². The molecule has 0 radical (unpaired) electrons.